The third-order valence-corrected chi connectivity index (χ3v) is 5.77. The van der Waals surface area contributed by atoms with E-state index in [2.05, 4.69) is 28.2 Å². The van der Waals surface area contributed by atoms with Crippen LogP contribution in [0, 0.1) is 5.82 Å². The smallest absolute Gasteiger partial charge is 0.234 e. The lowest BCUT2D eigenvalue weighted by atomic mass is 10.2. The number of benzene rings is 3. The van der Waals surface area contributed by atoms with Gasteiger partial charge in [0.1, 0.15) is 11.6 Å². The van der Waals surface area contributed by atoms with Gasteiger partial charge >= 0.3 is 0 Å². The number of para-hydroxylation sites is 1. The summed E-state index contributed by atoms with van der Waals surface area (Å²) in [6, 6.07) is 21.9. The van der Waals surface area contributed by atoms with Crippen molar-refractivity contribution < 1.29 is 13.9 Å². The number of aromatic nitrogens is 1. The number of thioether (sulfide) groups is 1. The number of carbonyl (C=O) groups is 1. The van der Waals surface area contributed by atoms with Crippen LogP contribution < -0.4 is 10.1 Å². The zero-order chi connectivity index (χ0) is 20.9. The highest BCUT2D eigenvalue weighted by Gasteiger charge is 2.11. The van der Waals surface area contributed by atoms with Gasteiger partial charge in [-0.3, -0.25) is 4.79 Å². The lowest BCUT2D eigenvalue weighted by Crippen LogP contribution is -2.13. The van der Waals surface area contributed by atoms with E-state index in [-0.39, 0.29) is 11.7 Å². The Morgan fingerprint density at radius 3 is 2.67 bits per heavy atom. The van der Waals surface area contributed by atoms with Crippen LogP contribution in [-0.4, -0.2) is 23.3 Å². The number of amides is 1. The largest absolute Gasteiger partial charge is 0.497 e. The second-order valence-corrected chi connectivity index (χ2v) is 7.85. The number of carbonyl (C=O) groups excluding carboxylic acids is 1. The minimum atomic E-state index is -0.241. The first-order valence-corrected chi connectivity index (χ1v) is 10.5. The fourth-order valence-corrected chi connectivity index (χ4v) is 4.18. The van der Waals surface area contributed by atoms with Crippen LogP contribution in [0.5, 0.6) is 5.75 Å². The van der Waals surface area contributed by atoms with Gasteiger partial charge in [0.25, 0.3) is 0 Å². The molecule has 0 saturated heterocycles. The number of nitrogens with zero attached hydrogens (tertiary/aromatic N) is 1. The Bertz CT molecular complexity index is 1170. The molecule has 0 aliphatic rings. The van der Waals surface area contributed by atoms with E-state index in [1.54, 1.807) is 25.3 Å². The van der Waals surface area contributed by atoms with Crippen LogP contribution in [-0.2, 0) is 11.3 Å². The molecule has 1 aromatic heterocycles. The molecule has 0 spiro atoms. The van der Waals surface area contributed by atoms with Crippen LogP contribution >= 0.6 is 11.8 Å². The summed E-state index contributed by atoms with van der Waals surface area (Å²) in [6.07, 6.45) is 2.05. The predicted molar refractivity (Wildman–Crippen MR) is 120 cm³/mol. The highest BCUT2D eigenvalue weighted by Crippen LogP contribution is 2.30. The van der Waals surface area contributed by atoms with Crippen LogP contribution in [0.3, 0.4) is 0 Å². The van der Waals surface area contributed by atoms with Crippen LogP contribution in [0.1, 0.15) is 5.56 Å². The van der Waals surface area contributed by atoms with E-state index in [0.717, 1.165) is 21.4 Å². The van der Waals surface area contributed by atoms with Crippen molar-refractivity contribution in [2.24, 2.45) is 0 Å². The highest BCUT2D eigenvalue weighted by atomic mass is 32.2. The average Bonchev–Trinajstić information content (AvgIpc) is 3.11. The third-order valence-electron chi connectivity index (χ3n) is 4.73. The summed E-state index contributed by atoms with van der Waals surface area (Å²) >= 11 is 1.50. The highest BCUT2D eigenvalue weighted by molar-refractivity contribution is 8.00. The van der Waals surface area contributed by atoms with Crippen LogP contribution in [0.2, 0.25) is 0 Å². The number of ether oxygens (including phenoxy) is 1. The van der Waals surface area contributed by atoms with Gasteiger partial charge in [0, 0.05) is 40.3 Å². The molecule has 0 fully saturated rings. The van der Waals surface area contributed by atoms with Crippen LogP contribution in [0.4, 0.5) is 10.1 Å². The molecular formula is C24H21FN2O2S. The van der Waals surface area contributed by atoms with Crippen molar-refractivity contribution in [3.05, 3.63) is 90.4 Å². The summed E-state index contributed by atoms with van der Waals surface area (Å²) in [6.45, 7) is 0.636. The zero-order valence-corrected chi connectivity index (χ0v) is 17.3. The monoisotopic (exact) mass is 420 g/mol. The quantitative estimate of drug-likeness (QED) is 0.398. The number of halogens is 1. The molecule has 0 bridgehead atoms. The molecule has 0 atom stereocenters. The van der Waals surface area contributed by atoms with Crippen molar-refractivity contribution in [2.45, 2.75) is 11.4 Å². The number of rotatable bonds is 7. The van der Waals surface area contributed by atoms with Gasteiger partial charge in [-0.1, -0.05) is 36.4 Å². The third kappa shape index (κ3) is 4.66. The van der Waals surface area contributed by atoms with Crippen LogP contribution in [0.25, 0.3) is 10.9 Å². The van der Waals surface area contributed by atoms with Gasteiger partial charge in [-0.05, 0) is 35.9 Å². The maximum Gasteiger partial charge on any atom is 0.234 e. The molecule has 4 aromatic rings. The number of hydrogen-bond acceptors (Lipinski definition) is 3. The molecule has 0 saturated carbocycles. The molecule has 1 amide bonds. The molecule has 1 N–H and O–H groups in total. The lowest BCUT2D eigenvalue weighted by molar-refractivity contribution is -0.113. The molecule has 0 aliphatic carbocycles. The van der Waals surface area contributed by atoms with E-state index in [9.17, 15) is 9.18 Å². The molecule has 0 aliphatic heterocycles. The average molecular weight is 421 g/mol. The Morgan fingerprint density at radius 1 is 1.07 bits per heavy atom. The molecule has 4 rings (SSSR count). The fourth-order valence-electron chi connectivity index (χ4n) is 3.29. The van der Waals surface area contributed by atoms with E-state index in [1.807, 2.05) is 30.3 Å². The first-order chi connectivity index (χ1) is 14.6. The molecule has 6 heteroatoms. The Labute approximate surface area is 178 Å². The number of nitrogens with one attached hydrogen (secondary N) is 1. The zero-order valence-electron chi connectivity index (χ0n) is 16.5. The number of fused-ring (bicyclic) bond motifs is 1. The lowest BCUT2D eigenvalue weighted by Gasteiger charge is -2.06. The second-order valence-electron chi connectivity index (χ2n) is 6.83. The SMILES string of the molecule is COc1cccc(NC(=O)CSc2cn(Cc3ccc(F)cc3)c3ccccc23)c1. The maximum atomic E-state index is 13.2. The van der Waals surface area contributed by atoms with Gasteiger partial charge < -0.3 is 14.6 Å². The van der Waals surface area contributed by atoms with Crippen molar-refractivity contribution >= 4 is 34.3 Å². The van der Waals surface area contributed by atoms with Crippen molar-refractivity contribution in [2.75, 3.05) is 18.2 Å². The molecule has 0 radical (unpaired) electrons. The number of methoxy groups -OCH3 is 1. The van der Waals surface area contributed by atoms with E-state index in [0.29, 0.717) is 23.7 Å². The summed E-state index contributed by atoms with van der Waals surface area (Å²) in [4.78, 5) is 13.5. The summed E-state index contributed by atoms with van der Waals surface area (Å²) in [5, 5.41) is 4.00. The van der Waals surface area contributed by atoms with Gasteiger partial charge in [-0.25, -0.2) is 4.39 Å². The van der Waals surface area contributed by atoms with E-state index in [4.69, 9.17) is 4.74 Å². The van der Waals surface area contributed by atoms with Gasteiger partial charge in [-0.2, -0.15) is 0 Å². The van der Waals surface area contributed by atoms with E-state index in [1.165, 1.54) is 23.9 Å². The molecule has 1 heterocycles. The topological polar surface area (TPSA) is 43.3 Å². The Balaban J connectivity index is 1.48. The molecule has 4 nitrogen and oxygen atoms in total. The van der Waals surface area contributed by atoms with Crippen LogP contribution in [0.15, 0.2) is 83.9 Å². The van der Waals surface area contributed by atoms with Gasteiger partial charge in [-0.15, -0.1) is 11.8 Å². The summed E-state index contributed by atoms with van der Waals surface area (Å²) in [5.74, 6) is 0.671. The predicted octanol–water partition coefficient (Wildman–Crippen LogP) is 5.57. The number of anilines is 1. The molecule has 0 unspecified atom stereocenters. The molecular weight excluding hydrogens is 399 g/mol. The number of hydrogen-bond donors (Lipinski definition) is 1. The Kier molecular flexibility index (Phi) is 6.05. The minimum absolute atomic E-state index is 0.0800. The molecule has 3 aromatic carbocycles. The first-order valence-electron chi connectivity index (χ1n) is 9.51. The standard InChI is InChI=1S/C24H21FN2O2S/c1-29-20-6-4-5-19(13-20)26-24(28)16-30-23-15-27(22-8-3-2-7-21(22)23)14-17-9-11-18(25)12-10-17/h2-13,15H,14,16H2,1H3,(H,26,28). The second kappa shape index (κ2) is 9.05. The maximum absolute atomic E-state index is 13.2. The Morgan fingerprint density at radius 2 is 1.87 bits per heavy atom. The van der Waals surface area contributed by atoms with Crippen molar-refractivity contribution in [1.82, 2.24) is 4.57 Å². The van der Waals surface area contributed by atoms with Crippen molar-refractivity contribution in [1.29, 1.82) is 0 Å². The van der Waals surface area contributed by atoms with Crippen molar-refractivity contribution in [3.8, 4) is 5.75 Å². The normalized spacial score (nSPS) is 10.9. The first kappa shape index (κ1) is 20.0. The van der Waals surface area contributed by atoms with E-state index < -0.39 is 0 Å². The fraction of sp³-hybridized carbons (Fsp3) is 0.125. The molecule has 152 valence electrons. The van der Waals surface area contributed by atoms with Crippen molar-refractivity contribution in [3.63, 3.8) is 0 Å². The summed E-state index contributed by atoms with van der Waals surface area (Å²) < 4.78 is 20.5. The minimum Gasteiger partial charge on any atom is -0.497 e. The summed E-state index contributed by atoms with van der Waals surface area (Å²) in [7, 11) is 1.60. The Hall–Kier alpha value is -3.25. The van der Waals surface area contributed by atoms with E-state index >= 15 is 0 Å². The summed E-state index contributed by atoms with van der Waals surface area (Å²) in [5.41, 5.74) is 2.81. The van der Waals surface area contributed by atoms with Gasteiger partial charge in [0.05, 0.1) is 12.9 Å². The van der Waals surface area contributed by atoms with Gasteiger partial charge in [0.2, 0.25) is 5.91 Å². The molecule has 30 heavy (non-hydrogen) atoms. The van der Waals surface area contributed by atoms with Gasteiger partial charge in [0.15, 0.2) is 0 Å².